The van der Waals surface area contributed by atoms with E-state index in [2.05, 4.69) is 20.9 Å². The Balaban J connectivity index is 0.00000450. The van der Waals surface area contributed by atoms with Crippen LogP contribution in [0, 0.1) is 6.92 Å². The van der Waals surface area contributed by atoms with Gasteiger partial charge in [-0.15, -0.1) is 24.0 Å². The molecule has 0 fully saturated rings. The summed E-state index contributed by atoms with van der Waals surface area (Å²) in [4.78, 5) is 16.2. The highest BCUT2D eigenvalue weighted by atomic mass is 127. The van der Waals surface area contributed by atoms with Crippen molar-refractivity contribution in [2.45, 2.75) is 46.3 Å². The number of aliphatic imine (C=N–C) groups is 1. The fourth-order valence-electron chi connectivity index (χ4n) is 2.66. The fourth-order valence-corrected chi connectivity index (χ4v) is 2.66. The van der Waals surface area contributed by atoms with E-state index in [0.717, 1.165) is 23.3 Å². The first-order valence-electron chi connectivity index (χ1n) is 9.84. The normalized spacial score (nSPS) is 11.4. The molecular weight excluding hydrogens is 495 g/mol. The quantitative estimate of drug-likeness (QED) is 0.210. The number of nitrogens with zero attached hydrogens (tertiary/aromatic N) is 1. The molecule has 1 amide bonds. The summed E-state index contributed by atoms with van der Waals surface area (Å²) < 4.78 is 11.2. The van der Waals surface area contributed by atoms with Crippen LogP contribution in [0.4, 0.5) is 0 Å². The van der Waals surface area contributed by atoms with Crippen molar-refractivity contribution in [1.29, 1.82) is 0 Å². The third-order valence-corrected chi connectivity index (χ3v) is 4.06. The third kappa shape index (κ3) is 8.64. The van der Waals surface area contributed by atoms with Gasteiger partial charge >= 0.3 is 0 Å². The number of nitrogens with one attached hydrogen (secondary N) is 3. The minimum atomic E-state index is -0.255. The van der Waals surface area contributed by atoms with Crippen LogP contribution in [0.3, 0.4) is 0 Å². The number of halogens is 1. The summed E-state index contributed by atoms with van der Waals surface area (Å²) >= 11 is 0. The lowest BCUT2D eigenvalue weighted by molar-refractivity contribution is 0.0924. The number of guanidine groups is 1. The number of carbonyl (C=O) groups excluding carboxylic acids is 1. The van der Waals surface area contributed by atoms with Gasteiger partial charge in [0.1, 0.15) is 11.4 Å². The smallest absolute Gasteiger partial charge is 0.287 e. The first-order valence-corrected chi connectivity index (χ1v) is 9.84. The molecule has 1 aromatic heterocycles. The van der Waals surface area contributed by atoms with Gasteiger partial charge in [0.25, 0.3) is 5.91 Å². The van der Waals surface area contributed by atoms with E-state index in [1.54, 1.807) is 13.1 Å². The summed E-state index contributed by atoms with van der Waals surface area (Å²) in [5.74, 6) is 1.74. The monoisotopic (exact) mass is 528 g/mol. The number of para-hydroxylation sites is 1. The van der Waals surface area contributed by atoms with Crippen LogP contribution in [0.25, 0.3) is 0 Å². The van der Waals surface area contributed by atoms with Crippen LogP contribution in [0.2, 0.25) is 0 Å². The minimum Gasteiger partial charge on any atom is -0.488 e. The second-order valence-electron chi connectivity index (χ2n) is 7.72. The number of hydrogen-bond donors (Lipinski definition) is 3. The predicted molar refractivity (Wildman–Crippen MR) is 131 cm³/mol. The second kappa shape index (κ2) is 12.5. The van der Waals surface area contributed by atoms with Crippen molar-refractivity contribution < 1.29 is 13.9 Å². The second-order valence-corrected chi connectivity index (χ2v) is 7.72. The number of aryl methyl sites for hydroxylation is 1. The van der Waals surface area contributed by atoms with E-state index in [1.165, 1.54) is 6.26 Å². The molecule has 7 nitrogen and oxygen atoms in total. The van der Waals surface area contributed by atoms with Crippen LogP contribution in [-0.2, 0) is 6.54 Å². The van der Waals surface area contributed by atoms with Gasteiger partial charge in [-0.2, -0.15) is 0 Å². The lowest BCUT2D eigenvalue weighted by Gasteiger charge is -2.23. The van der Waals surface area contributed by atoms with Crippen molar-refractivity contribution >= 4 is 35.8 Å². The summed E-state index contributed by atoms with van der Waals surface area (Å²) in [5, 5.41) is 9.40. The molecule has 0 spiro atoms. The lowest BCUT2D eigenvalue weighted by atomic mass is 10.1. The highest BCUT2D eigenvalue weighted by Crippen LogP contribution is 2.22. The molecule has 0 aliphatic heterocycles. The molecule has 0 saturated carbocycles. The van der Waals surface area contributed by atoms with E-state index in [1.807, 2.05) is 52.0 Å². The van der Waals surface area contributed by atoms with Gasteiger partial charge in [-0.05, 0) is 46.2 Å². The number of ether oxygens (including phenoxy) is 1. The van der Waals surface area contributed by atoms with E-state index in [-0.39, 0.29) is 35.5 Å². The Morgan fingerprint density at radius 1 is 1.10 bits per heavy atom. The molecule has 30 heavy (non-hydrogen) atoms. The Labute approximate surface area is 196 Å². The molecule has 0 aliphatic carbocycles. The summed E-state index contributed by atoms with van der Waals surface area (Å²) in [5.41, 5.74) is 1.64. The van der Waals surface area contributed by atoms with Gasteiger partial charge in [0, 0.05) is 37.8 Å². The number of amides is 1. The van der Waals surface area contributed by atoms with Gasteiger partial charge in [0.2, 0.25) is 0 Å². The molecule has 0 saturated heterocycles. The molecule has 3 N–H and O–H groups in total. The molecular formula is C22H33IN4O3. The molecule has 0 radical (unpaired) electrons. The van der Waals surface area contributed by atoms with Crippen molar-refractivity contribution in [2.24, 2.45) is 4.99 Å². The lowest BCUT2D eigenvalue weighted by Crippen LogP contribution is -2.38. The average Bonchev–Trinajstić information content (AvgIpc) is 3.09. The van der Waals surface area contributed by atoms with Crippen molar-refractivity contribution in [3.63, 3.8) is 0 Å². The van der Waals surface area contributed by atoms with Gasteiger partial charge in [0.05, 0.1) is 6.26 Å². The van der Waals surface area contributed by atoms with Crippen LogP contribution >= 0.6 is 24.0 Å². The summed E-state index contributed by atoms with van der Waals surface area (Å²) in [6.45, 7) is 9.76. The molecule has 1 heterocycles. The van der Waals surface area contributed by atoms with Crippen molar-refractivity contribution in [1.82, 2.24) is 16.0 Å². The number of rotatable bonds is 8. The molecule has 0 aliphatic rings. The van der Waals surface area contributed by atoms with E-state index < -0.39 is 0 Å². The number of carbonyl (C=O) groups is 1. The van der Waals surface area contributed by atoms with Crippen molar-refractivity contribution in [3.8, 4) is 5.75 Å². The largest absolute Gasteiger partial charge is 0.488 e. The topological polar surface area (TPSA) is 87.9 Å². The zero-order chi connectivity index (χ0) is 21.3. The Bertz CT molecular complexity index is 828. The van der Waals surface area contributed by atoms with Gasteiger partial charge in [-0.3, -0.25) is 9.79 Å². The fraction of sp³-hybridized carbons (Fsp3) is 0.455. The molecule has 166 valence electrons. The van der Waals surface area contributed by atoms with Crippen LogP contribution < -0.4 is 20.7 Å². The summed E-state index contributed by atoms with van der Waals surface area (Å²) in [6, 6.07) is 9.74. The van der Waals surface area contributed by atoms with Gasteiger partial charge in [-0.25, -0.2) is 0 Å². The average molecular weight is 528 g/mol. The Hall–Kier alpha value is -2.23. The third-order valence-electron chi connectivity index (χ3n) is 4.06. The highest BCUT2D eigenvalue weighted by Gasteiger charge is 2.14. The van der Waals surface area contributed by atoms with Gasteiger partial charge in [0.15, 0.2) is 11.7 Å². The number of hydrogen-bond acceptors (Lipinski definition) is 4. The number of benzene rings is 1. The summed E-state index contributed by atoms with van der Waals surface area (Å²) in [6.07, 6.45) is 2.28. The maximum atomic E-state index is 12.0. The Morgan fingerprint density at radius 2 is 1.80 bits per heavy atom. The van der Waals surface area contributed by atoms with Crippen LogP contribution in [0.1, 0.15) is 48.9 Å². The molecule has 0 atom stereocenters. The van der Waals surface area contributed by atoms with Crippen LogP contribution in [0.5, 0.6) is 5.75 Å². The van der Waals surface area contributed by atoms with E-state index in [0.29, 0.717) is 31.4 Å². The Kier molecular flexibility index (Phi) is 10.7. The van der Waals surface area contributed by atoms with Crippen molar-refractivity contribution in [3.05, 3.63) is 53.5 Å². The van der Waals surface area contributed by atoms with E-state index in [4.69, 9.17) is 9.15 Å². The molecule has 2 aromatic rings. The first-order chi connectivity index (χ1) is 13.8. The van der Waals surface area contributed by atoms with Crippen LogP contribution in [0.15, 0.2) is 46.0 Å². The zero-order valence-corrected chi connectivity index (χ0v) is 20.7. The van der Waals surface area contributed by atoms with E-state index >= 15 is 0 Å². The van der Waals surface area contributed by atoms with Crippen molar-refractivity contribution in [2.75, 3.05) is 20.1 Å². The van der Waals surface area contributed by atoms with Gasteiger partial charge in [-0.1, -0.05) is 18.2 Å². The minimum absolute atomic E-state index is 0. The SMILES string of the molecule is CN=C(NCCCNC(=O)c1occc1C)NCc1ccccc1OC(C)(C)C.I. The zero-order valence-electron chi connectivity index (χ0n) is 18.4. The molecule has 8 heteroatoms. The summed E-state index contributed by atoms with van der Waals surface area (Å²) in [7, 11) is 1.73. The Morgan fingerprint density at radius 3 is 2.43 bits per heavy atom. The van der Waals surface area contributed by atoms with Crippen LogP contribution in [-0.4, -0.2) is 37.6 Å². The maximum absolute atomic E-state index is 12.0. The molecule has 0 bridgehead atoms. The maximum Gasteiger partial charge on any atom is 0.287 e. The number of furan rings is 1. The van der Waals surface area contributed by atoms with E-state index in [9.17, 15) is 4.79 Å². The highest BCUT2D eigenvalue weighted by molar-refractivity contribution is 14.0. The van der Waals surface area contributed by atoms with Gasteiger partial charge < -0.3 is 25.1 Å². The molecule has 2 rings (SSSR count). The first kappa shape index (κ1) is 25.8. The standard InChI is InChI=1S/C22H32N4O3.HI/c1-16-11-14-28-19(16)20(27)24-12-8-13-25-21(23-5)26-15-17-9-6-7-10-18(17)29-22(2,3)4;/h6-7,9-11,14H,8,12-13,15H2,1-5H3,(H,24,27)(H2,23,25,26);1H. The molecule has 0 unspecified atom stereocenters. The predicted octanol–water partition coefficient (Wildman–Crippen LogP) is 3.87. The molecule has 1 aromatic carbocycles.